The number of aromatic nitrogens is 1. The molecule has 2 aromatic carbocycles. The van der Waals surface area contributed by atoms with E-state index in [1.807, 2.05) is 37.3 Å². The monoisotopic (exact) mass is 357 g/mol. The minimum Gasteiger partial charge on any atom is -0.255 e. The Morgan fingerprint density at radius 2 is 1.54 bits per heavy atom. The maximum Gasteiger partial charge on any atom is 0.178 e. The first-order chi connectivity index (χ1) is 11.4. The largest absolute Gasteiger partial charge is 0.255 e. The molecule has 0 atom stereocenters. The molecule has 0 saturated carbocycles. The van der Waals surface area contributed by atoms with Crippen molar-refractivity contribution >= 4 is 21.4 Å². The van der Waals surface area contributed by atoms with E-state index < -0.39 is 9.84 Å². The fraction of sp³-hybridized carbons (Fsp3) is 0.105. The summed E-state index contributed by atoms with van der Waals surface area (Å²) in [5.41, 5.74) is 3.53. The van der Waals surface area contributed by atoms with Gasteiger partial charge in [-0.15, -0.1) is 0 Å². The summed E-state index contributed by atoms with van der Waals surface area (Å²) in [6, 6.07) is 16.5. The third-order valence-electron chi connectivity index (χ3n) is 3.77. The molecular formula is C19H16ClNO2S. The highest BCUT2D eigenvalue weighted by atomic mass is 35.5. The van der Waals surface area contributed by atoms with Gasteiger partial charge in [0.1, 0.15) is 4.90 Å². The molecule has 0 spiro atoms. The lowest BCUT2D eigenvalue weighted by molar-refractivity contribution is 0.602. The molecule has 5 heteroatoms. The van der Waals surface area contributed by atoms with Gasteiger partial charge in [0.2, 0.25) is 0 Å². The first kappa shape index (κ1) is 16.7. The molecular weight excluding hydrogens is 342 g/mol. The van der Waals surface area contributed by atoms with Crippen LogP contribution in [0.3, 0.4) is 0 Å². The Labute approximate surface area is 146 Å². The summed E-state index contributed by atoms with van der Waals surface area (Å²) in [6.07, 6.45) is 2.93. The van der Waals surface area contributed by atoms with E-state index in [4.69, 9.17) is 11.6 Å². The van der Waals surface area contributed by atoms with Crippen LogP contribution in [0, 0.1) is 6.92 Å². The summed E-state index contributed by atoms with van der Waals surface area (Å²) in [5.74, 6) is 0. The predicted octanol–water partition coefficient (Wildman–Crippen LogP) is 4.78. The molecule has 0 N–H and O–H groups in total. The van der Waals surface area contributed by atoms with Gasteiger partial charge in [0.05, 0.1) is 5.69 Å². The van der Waals surface area contributed by atoms with Crippen LogP contribution >= 0.6 is 11.6 Å². The number of aryl methyl sites for hydroxylation is 1. The van der Waals surface area contributed by atoms with Gasteiger partial charge in [-0.2, -0.15) is 0 Å². The Kier molecular flexibility index (Phi) is 4.43. The molecule has 3 rings (SSSR count). The standard InChI is InChI=1S/C19H16ClNO2S/c1-13-12-21-18(15-8-10-16(20)11-9-15)19(24(2,22)23)17(13)14-6-4-3-5-7-14/h3-12H,1-2H3. The maximum atomic E-state index is 12.6. The second-order valence-corrected chi connectivity index (χ2v) is 8.03. The lowest BCUT2D eigenvalue weighted by Gasteiger charge is -2.16. The topological polar surface area (TPSA) is 47.0 Å². The van der Waals surface area contributed by atoms with Crippen molar-refractivity contribution in [3.8, 4) is 22.4 Å². The van der Waals surface area contributed by atoms with Crippen molar-refractivity contribution in [2.45, 2.75) is 11.8 Å². The molecule has 3 aromatic rings. The second-order valence-electron chi connectivity index (χ2n) is 5.64. The first-order valence-corrected chi connectivity index (χ1v) is 9.66. The smallest absolute Gasteiger partial charge is 0.178 e. The molecule has 1 heterocycles. The van der Waals surface area contributed by atoms with E-state index in [1.54, 1.807) is 30.5 Å². The quantitative estimate of drug-likeness (QED) is 0.677. The van der Waals surface area contributed by atoms with Crippen LogP contribution in [0.25, 0.3) is 22.4 Å². The van der Waals surface area contributed by atoms with Crippen LogP contribution in [-0.2, 0) is 9.84 Å². The molecule has 24 heavy (non-hydrogen) atoms. The van der Waals surface area contributed by atoms with Gasteiger partial charge in [-0.05, 0) is 30.2 Å². The Balaban J connectivity index is 2.38. The van der Waals surface area contributed by atoms with Crippen LogP contribution in [0.4, 0.5) is 0 Å². The molecule has 0 aliphatic carbocycles. The minimum atomic E-state index is -3.49. The average molecular weight is 358 g/mol. The van der Waals surface area contributed by atoms with Gasteiger partial charge in [-0.1, -0.05) is 54.1 Å². The molecule has 0 amide bonds. The second kappa shape index (κ2) is 6.38. The molecule has 0 bridgehead atoms. The van der Waals surface area contributed by atoms with Crippen LogP contribution in [-0.4, -0.2) is 19.7 Å². The number of pyridine rings is 1. The van der Waals surface area contributed by atoms with Gasteiger partial charge < -0.3 is 0 Å². The van der Waals surface area contributed by atoms with Crippen LogP contribution in [0.2, 0.25) is 5.02 Å². The molecule has 0 fully saturated rings. The summed E-state index contributed by atoms with van der Waals surface area (Å²) in [6.45, 7) is 1.87. The molecule has 1 aromatic heterocycles. The number of benzene rings is 2. The van der Waals surface area contributed by atoms with Gasteiger partial charge >= 0.3 is 0 Å². The molecule has 0 aliphatic rings. The third-order valence-corrected chi connectivity index (χ3v) is 5.17. The summed E-state index contributed by atoms with van der Waals surface area (Å²) >= 11 is 5.94. The zero-order valence-corrected chi connectivity index (χ0v) is 14.9. The zero-order chi connectivity index (χ0) is 17.3. The van der Waals surface area contributed by atoms with E-state index in [2.05, 4.69) is 4.98 Å². The number of nitrogens with zero attached hydrogens (tertiary/aromatic N) is 1. The number of rotatable bonds is 3. The highest BCUT2D eigenvalue weighted by Gasteiger charge is 2.23. The van der Waals surface area contributed by atoms with Crippen molar-refractivity contribution in [1.82, 2.24) is 4.98 Å². The van der Waals surface area contributed by atoms with Crippen molar-refractivity contribution in [2.75, 3.05) is 6.26 Å². The highest BCUT2D eigenvalue weighted by molar-refractivity contribution is 7.91. The number of hydrogen-bond donors (Lipinski definition) is 0. The van der Waals surface area contributed by atoms with Gasteiger partial charge in [-0.3, -0.25) is 4.98 Å². The first-order valence-electron chi connectivity index (χ1n) is 7.39. The van der Waals surface area contributed by atoms with Crippen molar-refractivity contribution in [3.63, 3.8) is 0 Å². The van der Waals surface area contributed by atoms with Crippen molar-refractivity contribution < 1.29 is 8.42 Å². The van der Waals surface area contributed by atoms with Crippen LogP contribution in [0.1, 0.15) is 5.56 Å². The van der Waals surface area contributed by atoms with E-state index >= 15 is 0 Å². The molecule has 122 valence electrons. The average Bonchev–Trinajstić information content (AvgIpc) is 2.55. The predicted molar refractivity (Wildman–Crippen MR) is 98.0 cm³/mol. The van der Waals surface area contributed by atoms with Crippen molar-refractivity contribution in [2.24, 2.45) is 0 Å². The third kappa shape index (κ3) is 3.21. The molecule has 0 saturated heterocycles. The summed E-state index contributed by atoms with van der Waals surface area (Å²) in [4.78, 5) is 4.65. The Morgan fingerprint density at radius 1 is 0.917 bits per heavy atom. The zero-order valence-electron chi connectivity index (χ0n) is 13.3. The van der Waals surface area contributed by atoms with Crippen LogP contribution < -0.4 is 0 Å². The minimum absolute atomic E-state index is 0.246. The number of halogens is 1. The SMILES string of the molecule is Cc1cnc(-c2ccc(Cl)cc2)c(S(C)(=O)=O)c1-c1ccccc1. The highest BCUT2D eigenvalue weighted by Crippen LogP contribution is 2.36. The number of sulfone groups is 1. The van der Waals surface area contributed by atoms with Crippen LogP contribution in [0.15, 0.2) is 65.7 Å². The molecule has 0 unspecified atom stereocenters. The summed E-state index contributed by atoms with van der Waals surface area (Å²) in [5, 5.41) is 0.593. The lowest BCUT2D eigenvalue weighted by Crippen LogP contribution is -2.06. The van der Waals surface area contributed by atoms with E-state index in [0.717, 1.165) is 16.7 Å². The fourth-order valence-electron chi connectivity index (χ4n) is 2.72. The number of hydrogen-bond acceptors (Lipinski definition) is 3. The van der Waals surface area contributed by atoms with Crippen molar-refractivity contribution in [1.29, 1.82) is 0 Å². The van der Waals surface area contributed by atoms with Gasteiger partial charge in [0, 0.05) is 28.6 Å². The summed E-state index contributed by atoms with van der Waals surface area (Å²) in [7, 11) is -3.49. The van der Waals surface area contributed by atoms with E-state index in [-0.39, 0.29) is 4.90 Å². The van der Waals surface area contributed by atoms with E-state index in [0.29, 0.717) is 16.3 Å². The van der Waals surface area contributed by atoms with E-state index in [9.17, 15) is 8.42 Å². The molecule has 3 nitrogen and oxygen atoms in total. The van der Waals surface area contributed by atoms with Crippen molar-refractivity contribution in [3.05, 3.63) is 71.4 Å². The van der Waals surface area contributed by atoms with Gasteiger partial charge in [-0.25, -0.2) is 8.42 Å². The normalized spacial score (nSPS) is 11.5. The summed E-state index contributed by atoms with van der Waals surface area (Å²) < 4.78 is 25.1. The van der Waals surface area contributed by atoms with Gasteiger partial charge in [0.25, 0.3) is 0 Å². The lowest BCUT2D eigenvalue weighted by atomic mass is 9.99. The fourth-order valence-corrected chi connectivity index (χ4v) is 4.02. The van der Waals surface area contributed by atoms with E-state index in [1.165, 1.54) is 6.26 Å². The Hall–Kier alpha value is -2.17. The molecule has 0 radical (unpaired) electrons. The van der Waals surface area contributed by atoms with Crippen LogP contribution in [0.5, 0.6) is 0 Å². The van der Waals surface area contributed by atoms with Gasteiger partial charge in [0.15, 0.2) is 9.84 Å². The maximum absolute atomic E-state index is 12.6. The molecule has 0 aliphatic heterocycles. The Morgan fingerprint density at radius 3 is 2.12 bits per heavy atom. The Bertz CT molecular complexity index is 982.